The van der Waals surface area contributed by atoms with Crippen LogP contribution in [0.1, 0.15) is 44.4 Å². The second kappa shape index (κ2) is 18.4. The SMILES string of the molecule is CC(C)[C@H](COC=O)NC(=O)C(F)(F)C(=O)[C@H](Cc1ccc(OCc2ccccc2)cc1)NC(=O)[C@H](C(C)C)N(Cc1ccccc1)C(=O)O. The van der Waals surface area contributed by atoms with Gasteiger partial charge in [0.05, 0.1) is 12.1 Å². The van der Waals surface area contributed by atoms with Crippen LogP contribution in [0.2, 0.25) is 0 Å². The van der Waals surface area contributed by atoms with Crippen LogP contribution in [0.15, 0.2) is 84.9 Å². The second-order valence-corrected chi connectivity index (χ2v) is 12.5. The molecule has 0 heterocycles. The Kier molecular flexibility index (Phi) is 14.4. The molecule has 268 valence electrons. The molecular formula is C37H43F2N3O8. The van der Waals surface area contributed by atoms with E-state index in [1.165, 1.54) is 12.1 Å². The van der Waals surface area contributed by atoms with Crippen molar-refractivity contribution >= 4 is 30.2 Å². The van der Waals surface area contributed by atoms with Gasteiger partial charge in [-0.15, -0.1) is 0 Å². The highest BCUT2D eigenvalue weighted by atomic mass is 19.3. The van der Waals surface area contributed by atoms with E-state index in [1.54, 1.807) is 70.2 Å². The van der Waals surface area contributed by atoms with Gasteiger partial charge in [-0.1, -0.05) is 100 Å². The molecule has 0 spiro atoms. The number of benzene rings is 3. The number of carbonyl (C=O) groups excluding carboxylic acids is 4. The van der Waals surface area contributed by atoms with Crippen LogP contribution in [-0.4, -0.2) is 70.8 Å². The molecule has 0 saturated carbocycles. The molecule has 0 aliphatic heterocycles. The molecule has 3 aromatic carbocycles. The predicted molar refractivity (Wildman–Crippen MR) is 180 cm³/mol. The smallest absolute Gasteiger partial charge is 0.408 e. The van der Waals surface area contributed by atoms with Crippen LogP contribution in [0.5, 0.6) is 5.75 Å². The van der Waals surface area contributed by atoms with Gasteiger partial charge in [0, 0.05) is 13.0 Å². The third-order valence-electron chi connectivity index (χ3n) is 7.98. The van der Waals surface area contributed by atoms with E-state index in [0.717, 1.165) is 10.5 Å². The minimum atomic E-state index is -4.63. The molecule has 0 bridgehead atoms. The summed E-state index contributed by atoms with van der Waals surface area (Å²) in [6.07, 6.45) is -1.89. The number of halogens is 2. The molecule has 50 heavy (non-hydrogen) atoms. The summed E-state index contributed by atoms with van der Waals surface area (Å²) in [4.78, 5) is 64.2. The van der Waals surface area contributed by atoms with E-state index in [-0.39, 0.29) is 19.6 Å². The Morgan fingerprint density at radius 1 is 0.820 bits per heavy atom. The third kappa shape index (κ3) is 11.1. The fourth-order valence-corrected chi connectivity index (χ4v) is 5.17. The number of hydrogen-bond acceptors (Lipinski definition) is 7. The van der Waals surface area contributed by atoms with Crippen LogP contribution in [0.3, 0.4) is 0 Å². The Morgan fingerprint density at radius 2 is 1.40 bits per heavy atom. The van der Waals surface area contributed by atoms with Crippen molar-refractivity contribution in [1.29, 1.82) is 0 Å². The number of ketones is 1. The van der Waals surface area contributed by atoms with Crippen molar-refractivity contribution in [2.24, 2.45) is 11.8 Å². The summed E-state index contributed by atoms with van der Waals surface area (Å²) in [5, 5.41) is 14.5. The van der Waals surface area contributed by atoms with E-state index in [2.05, 4.69) is 15.4 Å². The Balaban J connectivity index is 1.91. The number of nitrogens with zero attached hydrogens (tertiary/aromatic N) is 1. The molecule has 0 saturated heterocycles. The van der Waals surface area contributed by atoms with E-state index >= 15 is 8.78 Å². The van der Waals surface area contributed by atoms with Gasteiger partial charge in [0.1, 0.15) is 25.0 Å². The first kappa shape index (κ1) is 39.1. The standard InChI is InChI=1S/C37H43F2N3O8/c1-24(2)31(22-49-23-43)41-35(46)37(38,39)33(44)30(19-26-15-17-29(18-16-26)50-21-28-13-9-6-10-14-28)40-34(45)32(25(3)4)42(36(47)48)20-27-11-7-5-8-12-27/h5-18,23-25,30-32H,19-22H2,1-4H3,(H,40,45)(H,41,46)(H,47,48)/t30-,31-,32-/m0/s1. The minimum Gasteiger partial charge on any atom is -0.489 e. The topological polar surface area (TPSA) is 151 Å². The summed E-state index contributed by atoms with van der Waals surface area (Å²) in [7, 11) is 0. The summed E-state index contributed by atoms with van der Waals surface area (Å²) in [5.74, 6) is -10.1. The molecule has 0 aromatic heterocycles. The highest BCUT2D eigenvalue weighted by Gasteiger charge is 2.51. The highest BCUT2D eigenvalue weighted by molar-refractivity contribution is 6.10. The van der Waals surface area contributed by atoms with Gasteiger partial charge in [0.25, 0.3) is 12.4 Å². The fraction of sp³-hybridized carbons (Fsp3) is 0.378. The number of carboxylic acid groups (broad SMARTS) is 1. The number of ether oxygens (including phenoxy) is 2. The van der Waals surface area contributed by atoms with Crippen molar-refractivity contribution < 1.29 is 47.3 Å². The summed E-state index contributed by atoms with van der Waals surface area (Å²) in [6.45, 7) is 6.17. The minimum absolute atomic E-state index is 0.109. The fourth-order valence-electron chi connectivity index (χ4n) is 5.17. The van der Waals surface area contributed by atoms with Gasteiger partial charge >= 0.3 is 12.0 Å². The lowest BCUT2D eigenvalue weighted by molar-refractivity contribution is -0.161. The predicted octanol–water partition coefficient (Wildman–Crippen LogP) is 5.02. The van der Waals surface area contributed by atoms with Crippen LogP contribution < -0.4 is 15.4 Å². The molecule has 3 atom stereocenters. The molecule has 3 amide bonds. The van der Waals surface area contributed by atoms with Crippen molar-refractivity contribution in [1.82, 2.24) is 15.5 Å². The van der Waals surface area contributed by atoms with Gasteiger partial charge in [-0.2, -0.15) is 8.78 Å². The largest absolute Gasteiger partial charge is 0.489 e. The van der Waals surface area contributed by atoms with Crippen molar-refractivity contribution in [3.63, 3.8) is 0 Å². The zero-order chi connectivity index (χ0) is 36.8. The second-order valence-electron chi connectivity index (χ2n) is 12.5. The van der Waals surface area contributed by atoms with E-state index in [9.17, 15) is 29.1 Å². The molecule has 0 unspecified atom stereocenters. The first-order valence-electron chi connectivity index (χ1n) is 16.1. The molecule has 0 fully saturated rings. The maximum atomic E-state index is 15.7. The molecule has 3 rings (SSSR count). The number of amides is 3. The number of Topliss-reactive ketones (excluding diaryl/α,β-unsaturated/α-hetero) is 1. The summed E-state index contributed by atoms with van der Waals surface area (Å²) < 4.78 is 41.8. The van der Waals surface area contributed by atoms with Crippen molar-refractivity contribution in [3.05, 3.63) is 102 Å². The zero-order valence-corrected chi connectivity index (χ0v) is 28.4. The first-order chi connectivity index (χ1) is 23.7. The lowest BCUT2D eigenvalue weighted by Crippen LogP contribution is -2.60. The number of nitrogens with one attached hydrogen (secondary N) is 2. The normalized spacial score (nSPS) is 13.1. The van der Waals surface area contributed by atoms with Gasteiger partial charge in [-0.05, 0) is 40.7 Å². The molecule has 0 radical (unpaired) electrons. The van der Waals surface area contributed by atoms with Gasteiger partial charge in [0.15, 0.2) is 0 Å². The molecule has 3 N–H and O–H groups in total. The van der Waals surface area contributed by atoms with E-state index in [0.29, 0.717) is 16.9 Å². The maximum Gasteiger partial charge on any atom is 0.408 e. The molecule has 0 aliphatic carbocycles. The average molecular weight is 696 g/mol. The number of hydrogen-bond donors (Lipinski definition) is 3. The monoisotopic (exact) mass is 695 g/mol. The molecule has 11 nitrogen and oxygen atoms in total. The average Bonchev–Trinajstić information content (AvgIpc) is 3.09. The zero-order valence-electron chi connectivity index (χ0n) is 28.4. The quantitative estimate of drug-likeness (QED) is 0.117. The van der Waals surface area contributed by atoms with Crippen LogP contribution in [0.4, 0.5) is 13.6 Å². The number of rotatable bonds is 19. The molecule has 13 heteroatoms. The number of carbonyl (C=O) groups is 5. The molecule has 0 aliphatic rings. The van der Waals surface area contributed by atoms with Crippen molar-refractivity contribution in [2.45, 2.75) is 71.3 Å². The van der Waals surface area contributed by atoms with Crippen LogP contribution in [-0.2, 0) is 43.5 Å². The molecule has 3 aromatic rings. The van der Waals surface area contributed by atoms with Gasteiger partial charge < -0.3 is 25.2 Å². The van der Waals surface area contributed by atoms with Crippen LogP contribution in [0.25, 0.3) is 0 Å². The van der Waals surface area contributed by atoms with E-state index in [1.807, 2.05) is 30.3 Å². The Bertz CT molecular complexity index is 1570. The Morgan fingerprint density at radius 3 is 1.92 bits per heavy atom. The van der Waals surface area contributed by atoms with Gasteiger partial charge in [-0.25, -0.2) is 4.79 Å². The first-order valence-corrected chi connectivity index (χ1v) is 16.1. The van der Waals surface area contributed by atoms with E-state index < -0.39 is 72.6 Å². The summed E-state index contributed by atoms with van der Waals surface area (Å²) in [6, 6.07) is 19.8. The van der Waals surface area contributed by atoms with Gasteiger partial charge in [0.2, 0.25) is 11.7 Å². The van der Waals surface area contributed by atoms with Gasteiger partial charge in [-0.3, -0.25) is 24.1 Å². The number of alkyl halides is 2. The van der Waals surface area contributed by atoms with Crippen LogP contribution in [0, 0.1) is 11.8 Å². The summed E-state index contributed by atoms with van der Waals surface area (Å²) in [5.41, 5.74) is 1.86. The lowest BCUT2D eigenvalue weighted by Gasteiger charge is -2.33. The maximum absolute atomic E-state index is 15.7. The van der Waals surface area contributed by atoms with Crippen LogP contribution >= 0.6 is 0 Å². The van der Waals surface area contributed by atoms with Crippen molar-refractivity contribution in [3.8, 4) is 5.75 Å². The lowest BCUT2D eigenvalue weighted by atomic mass is 9.95. The Hall–Kier alpha value is -5.33. The molecular weight excluding hydrogens is 652 g/mol. The summed E-state index contributed by atoms with van der Waals surface area (Å²) >= 11 is 0. The highest BCUT2D eigenvalue weighted by Crippen LogP contribution is 2.23. The van der Waals surface area contributed by atoms with E-state index in [4.69, 9.17) is 4.74 Å². The van der Waals surface area contributed by atoms with Crippen molar-refractivity contribution in [2.75, 3.05) is 6.61 Å². The third-order valence-corrected chi connectivity index (χ3v) is 7.98. The Labute approximate surface area is 289 Å².